The summed E-state index contributed by atoms with van der Waals surface area (Å²) in [5, 5.41) is 16.2. The maximum atomic E-state index is 6.15. The van der Waals surface area contributed by atoms with E-state index in [1.807, 2.05) is 30.3 Å². The van der Waals surface area contributed by atoms with E-state index in [-0.39, 0.29) is 0 Å². The Kier molecular flexibility index (Phi) is 4.66. The number of rotatable bonds is 6. The molecule has 0 saturated heterocycles. The third-order valence-electron chi connectivity index (χ3n) is 4.05. The summed E-state index contributed by atoms with van der Waals surface area (Å²) in [4.78, 5) is 7.72. The molecule has 4 rings (SSSR count). The van der Waals surface area contributed by atoms with Crippen LogP contribution in [-0.2, 0) is 6.42 Å². The van der Waals surface area contributed by atoms with Crippen LogP contribution in [0.2, 0.25) is 5.02 Å². The number of aromatic nitrogens is 4. The van der Waals surface area contributed by atoms with Crippen LogP contribution >= 0.6 is 11.6 Å². The van der Waals surface area contributed by atoms with Crippen LogP contribution in [0.3, 0.4) is 0 Å². The highest BCUT2D eigenvalue weighted by Crippen LogP contribution is 2.23. The Morgan fingerprint density at radius 3 is 2.81 bits per heavy atom. The first-order valence-electron chi connectivity index (χ1n) is 8.30. The first kappa shape index (κ1) is 16.4. The molecular formula is C19H17ClN6. The Morgan fingerprint density at radius 1 is 1.04 bits per heavy atom. The molecule has 0 aliphatic rings. The first-order valence-corrected chi connectivity index (χ1v) is 8.67. The Bertz CT molecular complexity index is 1030. The zero-order valence-electron chi connectivity index (χ0n) is 13.9. The molecule has 0 amide bonds. The Labute approximate surface area is 155 Å². The van der Waals surface area contributed by atoms with Gasteiger partial charge < -0.3 is 15.6 Å². The molecule has 130 valence electrons. The molecule has 2 heterocycles. The quantitative estimate of drug-likeness (QED) is 0.472. The fourth-order valence-electron chi connectivity index (χ4n) is 2.79. The second-order valence-electron chi connectivity index (χ2n) is 5.81. The monoisotopic (exact) mass is 364 g/mol. The van der Waals surface area contributed by atoms with Gasteiger partial charge >= 0.3 is 0 Å². The van der Waals surface area contributed by atoms with Crippen molar-refractivity contribution in [1.29, 1.82) is 0 Å². The molecule has 7 heteroatoms. The largest absolute Gasteiger partial charge is 0.368 e. The predicted molar refractivity (Wildman–Crippen MR) is 105 cm³/mol. The standard InChI is InChI=1S/C19H17ClN6/c20-15-6-2-4-8-17(15)24-19-25-18(12-23-26-19)21-10-9-13-11-22-16-7-3-1-5-14(13)16/h1-8,11-12,22H,9-10H2,(H2,21,24,25,26). The van der Waals surface area contributed by atoms with Crippen molar-refractivity contribution in [3.05, 3.63) is 71.5 Å². The molecule has 0 atom stereocenters. The lowest BCUT2D eigenvalue weighted by Crippen LogP contribution is -2.08. The average Bonchev–Trinajstić information content (AvgIpc) is 3.07. The molecule has 0 unspecified atom stereocenters. The van der Waals surface area contributed by atoms with Crippen molar-refractivity contribution in [2.75, 3.05) is 17.2 Å². The minimum Gasteiger partial charge on any atom is -0.368 e. The topological polar surface area (TPSA) is 78.5 Å². The molecule has 0 fully saturated rings. The summed E-state index contributed by atoms with van der Waals surface area (Å²) >= 11 is 6.15. The fraction of sp³-hybridized carbons (Fsp3) is 0.105. The van der Waals surface area contributed by atoms with Crippen LogP contribution in [0.1, 0.15) is 5.56 Å². The zero-order valence-corrected chi connectivity index (χ0v) is 14.7. The highest BCUT2D eigenvalue weighted by molar-refractivity contribution is 6.33. The number of benzene rings is 2. The van der Waals surface area contributed by atoms with Crippen molar-refractivity contribution < 1.29 is 0 Å². The number of nitrogens with one attached hydrogen (secondary N) is 3. The van der Waals surface area contributed by atoms with E-state index in [0.29, 0.717) is 16.8 Å². The molecule has 26 heavy (non-hydrogen) atoms. The van der Waals surface area contributed by atoms with E-state index in [1.165, 1.54) is 10.9 Å². The summed E-state index contributed by atoms with van der Waals surface area (Å²) in [5.41, 5.74) is 3.16. The molecule has 0 radical (unpaired) electrons. The Morgan fingerprint density at radius 2 is 1.88 bits per heavy atom. The lowest BCUT2D eigenvalue weighted by atomic mass is 10.1. The van der Waals surface area contributed by atoms with Crippen LogP contribution in [0.4, 0.5) is 17.5 Å². The lowest BCUT2D eigenvalue weighted by molar-refractivity contribution is 0.952. The number of para-hydroxylation sites is 2. The van der Waals surface area contributed by atoms with E-state index < -0.39 is 0 Å². The third kappa shape index (κ3) is 3.60. The number of anilines is 3. The van der Waals surface area contributed by atoms with E-state index in [0.717, 1.165) is 24.2 Å². The highest BCUT2D eigenvalue weighted by Gasteiger charge is 2.05. The zero-order chi connectivity index (χ0) is 17.8. The number of halogens is 1. The van der Waals surface area contributed by atoms with Crippen molar-refractivity contribution in [3.8, 4) is 0 Å². The van der Waals surface area contributed by atoms with Crippen LogP contribution in [0.25, 0.3) is 10.9 Å². The maximum Gasteiger partial charge on any atom is 0.249 e. The molecule has 0 spiro atoms. The summed E-state index contributed by atoms with van der Waals surface area (Å²) in [6.07, 6.45) is 4.53. The van der Waals surface area contributed by atoms with Crippen LogP contribution in [0.15, 0.2) is 60.9 Å². The van der Waals surface area contributed by atoms with E-state index in [1.54, 1.807) is 12.3 Å². The molecule has 0 saturated carbocycles. The van der Waals surface area contributed by atoms with Gasteiger partial charge in [0.25, 0.3) is 0 Å². The van der Waals surface area contributed by atoms with Gasteiger partial charge in [-0.1, -0.05) is 41.9 Å². The van der Waals surface area contributed by atoms with Crippen LogP contribution in [0.5, 0.6) is 0 Å². The highest BCUT2D eigenvalue weighted by atomic mass is 35.5. The summed E-state index contributed by atoms with van der Waals surface area (Å²) in [5.74, 6) is 1.06. The Hall–Kier alpha value is -3.12. The minimum absolute atomic E-state index is 0.398. The average molecular weight is 365 g/mol. The van der Waals surface area contributed by atoms with E-state index in [4.69, 9.17) is 11.6 Å². The first-order chi connectivity index (χ1) is 12.8. The van der Waals surface area contributed by atoms with Gasteiger partial charge in [0.05, 0.1) is 16.9 Å². The molecular weight excluding hydrogens is 348 g/mol. The second kappa shape index (κ2) is 7.41. The lowest BCUT2D eigenvalue weighted by Gasteiger charge is -2.08. The fourth-order valence-corrected chi connectivity index (χ4v) is 2.97. The third-order valence-corrected chi connectivity index (χ3v) is 4.38. The number of hydrogen-bond acceptors (Lipinski definition) is 5. The molecule has 4 aromatic rings. The molecule has 6 nitrogen and oxygen atoms in total. The number of hydrogen-bond donors (Lipinski definition) is 3. The van der Waals surface area contributed by atoms with E-state index in [9.17, 15) is 0 Å². The van der Waals surface area contributed by atoms with Gasteiger partial charge in [-0.05, 0) is 30.2 Å². The van der Waals surface area contributed by atoms with Gasteiger partial charge in [-0.2, -0.15) is 10.1 Å². The van der Waals surface area contributed by atoms with Gasteiger partial charge in [0, 0.05) is 23.6 Å². The summed E-state index contributed by atoms with van der Waals surface area (Å²) in [6.45, 7) is 0.742. The number of aromatic amines is 1. The molecule has 0 aliphatic heterocycles. The van der Waals surface area contributed by atoms with E-state index in [2.05, 4.69) is 49.1 Å². The predicted octanol–water partition coefficient (Wildman–Crippen LogP) is 4.40. The normalized spacial score (nSPS) is 10.8. The minimum atomic E-state index is 0.398. The van der Waals surface area contributed by atoms with Gasteiger partial charge in [-0.15, -0.1) is 5.10 Å². The maximum absolute atomic E-state index is 6.15. The summed E-state index contributed by atoms with van der Waals surface area (Å²) in [7, 11) is 0. The summed E-state index contributed by atoms with van der Waals surface area (Å²) < 4.78 is 0. The molecule has 0 bridgehead atoms. The summed E-state index contributed by atoms with van der Waals surface area (Å²) in [6, 6.07) is 15.7. The molecule has 0 aliphatic carbocycles. The van der Waals surface area contributed by atoms with Gasteiger partial charge in [0.15, 0.2) is 5.82 Å². The van der Waals surface area contributed by atoms with Crippen molar-refractivity contribution in [1.82, 2.24) is 20.2 Å². The van der Waals surface area contributed by atoms with Gasteiger partial charge in [0.1, 0.15) is 0 Å². The van der Waals surface area contributed by atoms with Gasteiger partial charge in [-0.25, -0.2) is 0 Å². The van der Waals surface area contributed by atoms with Crippen molar-refractivity contribution >= 4 is 40.0 Å². The number of H-pyrrole nitrogens is 1. The van der Waals surface area contributed by atoms with Crippen LogP contribution in [-0.4, -0.2) is 26.7 Å². The Balaban J connectivity index is 1.40. The van der Waals surface area contributed by atoms with Crippen LogP contribution < -0.4 is 10.6 Å². The number of nitrogens with zero attached hydrogens (tertiary/aromatic N) is 3. The van der Waals surface area contributed by atoms with Crippen molar-refractivity contribution in [3.63, 3.8) is 0 Å². The van der Waals surface area contributed by atoms with Crippen LogP contribution in [0, 0.1) is 0 Å². The number of fused-ring (bicyclic) bond motifs is 1. The molecule has 2 aromatic heterocycles. The van der Waals surface area contributed by atoms with Crippen molar-refractivity contribution in [2.24, 2.45) is 0 Å². The smallest absolute Gasteiger partial charge is 0.249 e. The van der Waals surface area contributed by atoms with Crippen molar-refractivity contribution in [2.45, 2.75) is 6.42 Å². The second-order valence-corrected chi connectivity index (χ2v) is 6.21. The van der Waals surface area contributed by atoms with Gasteiger partial charge in [0.2, 0.25) is 5.95 Å². The SMILES string of the molecule is Clc1ccccc1Nc1nncc(NCCc2c[nH]c3ccccc23)n1. The molecule has 3 N–H and O–H groups in total. The molecule has 2 aromatic carbocycles. The van der Waals surface area contributed by atoms with Gasteiger partial charge in [-0.3, -0.25) is 0 Å². The van der Waals surface area contributed by atoms with E-state index >= 15 is 0 Å².